The highest BCUT2D eigenvalue weighted by molar-refractivity contribution is 7.12. The van der Waals surface area contributed by atoms with Gasteiger partial charge in [-0.2, -0.15) is 0 Å². The minimum Gasteiger partial charge on any atom is -0.508 e. The number of phenols is 2. The Hall–Kier alpha value is -2.30. The van der Waals surface area contributed by atoms with E-state index in [1.165, 1.54) is 29.5 Å². The fourth-order valence-electron chi connectivity index (χ4n) is 2.17. The summed E-state index contributed by atoms with van der Waals surface area (Å²) in [6, 6.07) is 12.9. The molecule has 2 aromatic carbocycles. The first-order chi connectivity index (χ1) is 10.6. The van der Waals surface area contributed by atoms with E-state index in [1.807, 2.05) is 11.4 Å². The van der Waals surface area contributed by atoms with Crippen LogP contribution >= 0.6 is 22.9 Å². The molecule has 22 heavy (non-hydrogen) atoms. The highest BCUT2D eigenvalue weighted by Gasteiger charge is 2.17. The molecule has 1 heterocycles. The molecule has 0 fully saturated rings. The van der Waals surface area contributed by atoms with Crippen molar-refractivity contribution in [2.45, 2.75) is 0 Å². The Labute approximate surface area is 136 Å². The van der Waals surface area contributed by atoms with E-state index in [2.05, 4.69) is 0 Å². The second-order valence-electron chi connectivity index (χ2n) is 4.71. The molecule has 0 radical (unpaired) electrons. The SMILES string of the molecule is O=C(c1cccc(O)c1)c1sccc1-c1ccc(O)c(Cl)c1. The Morgan fingerprint density at radius 3 is 2.59 bits per heavy atom. The molecule has 2 N–H and O–H groups in total. The van der Waals surface area contributed by atoms with Crippen molar-refractivity contribution in [3.63, 3.8) is 0 Å². The zero-order valence-electron chi connectivity index (χ0n) is 11.3. The number of aromatic hydroxyl groups is 2. The van der Waals surface area contributed by atoms with E-state index in [4.69, 9.17) is 11.6 Å². The van der Waals surface area contributed by atoms with Crippen molar-refractivity contribution in [3.05, 3.63) is 69.4 Å². The van der Waals surface area contributed by atoms with Gasteiger partial charge in [0.1, 0.15) is 11.5 Å². The van der Waals surface area contributed by atoms with E-state index in [-0.39, 0.29) is 22.3 Å². The summed E-state index contributed by atoms with van der Waals surface area (Å²) >= 11 is 7.26. The summed E-state index contributed by atoms with van der Waals surface area (Å²) in [5, 5.41) is 21.1. The van der Waals surface area contributed by atoms with Gasteiger partial charge in [0.25, 0.3) is 0 Å². The standard InChI is InChI=1S/C17H11ClO3S/c18-14-9-10(4-5-15(14)20)13-6-7-22-17(13)16(21)11-2-1-3-12(19)8-11/h1-9,19-20H. The van der Waals surface area contributed by atoms with Gasteiger partial charge in [0.15, 0.2) is 0 Å². The Kier molecular flexibility index (Phi) is 3.88. The molecule has 3 aromatic rings. The maximum Gasteiger partial charge on any atom is 0.203 e. The van der Waals surface area contributed by atoms with Crippen LogP contribution in [-0.2, 0) is 0 Å². The summed E-state index contributed by atoms with van der Waals surface area (Å²) in [4.78, 5) is 13.2. The molecule has 0 spiro atoms. The van der Waals surface area contributed by atoms with E-state index in [9.17, 15) is 15.0 Å². The Morgan fingerprint density at radius 2 is 1.86 bits per heavy atom. The van der Waals surface area contributed by atoms with Gasteiger partial charge in [-0.25, -0.2) is 0 Å². The fourth-order valence-corrected chi connectivity index (χ4v) is 3.22. The number of thiophene rings is 1. The minimum atomic E-state index is -0.162. The monoisotopic (exact) mass is 330 g/mol. The van der Waals surface area contributed by atoms with Gasteiger partial charge in [-0.15, -0.1) is 11.3 Å². The second kappa shape index (κ2) is 5.83. The van der Waals surface area contributed by atoms with Crippen LogP contribution in [0.4, 0.5) is 0 Å². The number of hydrogen-bond acceptors (Lipinski definition) is 4. The van der Waals surface area contributed by atoms with Crippen LogP contribution in [0.1, 0.15) is 15.2 Å². The number of benzene rings is 2. The molecule has 5 heteroatoms. The third kappa shape index (κ3) is 2.71. The molecule has 3 rings (SSSR count). The lowest BCUT2D eigenvalue weighted by Gasteiger charge is -2.06. The van der Waals surface area contributed by atoms with Crippen LogP contribution in [0.2, 0.25) is 5.02 Å². The fraction of sp³-hybridized carbons (Fsp3) is 0. The van der Waals surface area contributed by atoms with Gasteiger partial charge >= 0.3 is 0 Å². The molecule has 0 unspecified atom stereocenters. The van der Waals surface area contributed by atoms with Crippen molar-refractivity contribution >= 4 is 28.7 Å². The van der Waals surface area contributed by atoms with Crippen LogP contribution in [0, 0.1) is 0 Å². The molecular formula is C17H11ClO3S. The Bertz CT molecular complexity index is 855. The first kappa shape index (κ1) is 14.6. The lowest BCUT2D eigenvalue weighted by molar-refractivity contribution is 0.104. The molecule has 0 aliphatic rings. The molecule has 0 atom stereocenters. The van der Waals surface area contributed by atoms with E-state index >= 15 is 0 Å². The number of rotatable bonds is 3. The number of hydrogen-bond donors (Lipinski definition) is 2. The average molecular weight is 331 g/mol. The number of ketones is 1. The van der Waals surface area contributed by atoms with Crippen molar-refractivity contribution < 1.29 is 15.0 Å². The van der Waals surface area contributed by atoms with E-state index in [1.54, 1.807) is 24.3 Å². The summed E-state index contributed by atoms with van der Waals surface area (Å²) in [6.45, 7) is 0. The number of phenolic OH excluding ortho intramolecular Hbond substituents is 2. The van der Waals surface area contributed by atoms with Crippen LogP contribution in [0.25, 0.3) is 11.1 Å². The second-order valence-corrected chi connectivity index (χ2v) is 6.03. The summed E-state index contributed by atoms with van der Waals surface area (Å²) in [6.07, 6.45) is 0. The topological polar surface area (TPSA) is 57.5 Å². The lowest BCUT2D eigenvalue weighted by Crippen LogP contribution is -2.00. The number of carbonyl (C=O) groups excluding carboxylic acids is 1. The van der Waals surface area contributed by atoms with Crippen molar-refractivity contribution in [3.8, 4) is 22.6 Å². The van der Waals surface area contributed by atoms with Crippen LogP contribution in [0.3, 0.4) is 0 Å². The van der Waals surface area contributed by atoms with Gasteiger partial charge in [-0.05, 0) is 41.3 Å². The molecule has 1 aromatic heterocycles. The van der Waals surface area contributed by atoms with Crippen LogP contribution in [-0.4, -0.2) is 16.0 Å². The largest absolute Gasteiger partial charge is 0.508 e. The highest BCUT2D eigenvalue weighted by atomic mass is 35.5. The van der Waals surface area contributed by atoms with Crippen molar-refractivity contribution in [2.24, 2.45) is 0 Å². The third-order valence-corrected chi connectivity index (χ3v) is 4.45. The van der Waals surface area contributed by atoms with Crippen LogP contribution in [0.5, 0.6) is 11.5 Å². The zero-order chi connectivity index (χ0) is 15.7. The molecule has 0 aliphatic carbocycles. The molecule has 3 nitrogen and oxygen atoms in total. The smallest absolute Gasteiger partial charge is 0.203 e. The van der Waals surface area contributed by atoms with Gasteiger partial charge in [0.05, 0.1) is 9.90 Å². The quantitative estimate of drug-likeness (QED) is 0.684. The summed E-state index contributed by atoms with van der Waals surface area (Å²) < 4.78 is 0. The van der Waals surface area contributed by atoms with Crippen LogP contribution in [0.15, 0.2) is 53.9 Å². The van der Waals surface area contributed by atoms with Gasteiger partial charge in [-0.1, -0.05) is 29.8 Å². The summed E-state index contributed by atoms with van der Waals surface area (Å²) in [5.41, 5.74) is 1.93. The third-order valence-electron chi connectivity index (χ3n) is 3.24. The predicted octanol–water partition coefficient (Wildman–Crippen LogP) is 4.71. The first-order valence-electron chi connectivity index (χ1n) is 6.46. The number of halogens is 1. The summed E-state index contributed by atoms with van der Waals surface area (Å²) in [7, 11) is 0. The van der Waals surface area contributed by atoms with Gasteiger partial charge in [0.2, 0.25) is 5.78 Å². The maximum atomic E-state index is 12.6. The van der Waals surface area contributed by atoms with E-state index in [0.717, 1.165) is 11.1 Å². The van der Waals surface area contributed by atoms with E-state index < -0.39 is 0 Å². The Morgan fingerprint density at radius 1 is 1.05 bits per heavy atom. The van der Waals surface area contributed by atoms with E-state index in [0.29, 0.717) is 10.4 Å². The maximum absolute atomic E-state index is 12.6. The molecule has 0 aliphatic heterocycles. The van der Waals surface area contributed by atoms with Crippen molar-refractivity contribution in [1.29, 1.82) is 0 Å². The lowest BCUT2D eigenvalue weighted by atomic mass is 10.0. The molecule has 110 valence electrons. The Balaban J connectivity index is 2.05. The average Bonchev–Trinajstić information content (AvgIpc) is 2.98. The molecule has 0 bridgehead atoms. The zero-order valence-corrected chi connectivity index (χ0v) is 12.9. The van der Waals surface area contributed by atoms with Crippen molar-refractivity contribution in [2.75, 3.05) is 0 Å². The van der Waals surface area contributed by atoms with Crippen LogP contribution < -0.4 is 0 Å². The molecule has 0 saturated carbocycles. The first-order valence-corrected chi connectivity index (χ1v) is 7.72. The highest BCUT2D eigenvalue weighted by Crippen LogP contribution is 2.34. The summed E-state index contributed by atoms with van der Waals surface area (Å²) in [5.74, 6) is -0.108. The van der Waals surface area contributed by atoms with Crippen molar-refractivity contribution in [1.82, 2.24) is 0 Å². The molecular weight excluding hydrogens is 320 g/mol. The molecule has 0 amide bonds. The number of carbonyl (C=O) groups is 1. The normalized spacial score (nSPS) is 10.6. The minimum absolute atomic E-state index is 0.00139. The van der Waals surface area contributed by atoms with Gasteiger partial charge < -0.3 is 10.2 Å². The van der Waals surface area contributed by atoms with Gasteiger partial charge in [-0.3, -0.25) is 4.79 Å². The molecule has 0 saturated heterocycles. The predicted molar refractivity (Wildman–Crippen MR) is 88.0 cm³/mol. The van der Waals surface area contributed by atoms with Gasteiger partial charge in [0, 0.05) is 11.1 Å².